The number of rotatable bonds is 6. The van der Waals surface area contributed by atoms with Gasteiger partial charge in [-0.3, -0.25) is 0 Å². The zero-order valence-corrected chi connectivity index (χ0v) is 9.14. The van der Waals surface area contributed by atoms with Crippen LogP contribution in [0.1, 0.15) is 27.7 Å². The van der Waals surface area contributed by atoms with Gasteiger partial charge in [0.05, 0.1) is 0 Å². The molecule has 2 nitrogen and oxygen atoms in total. The van der Waals surface area contributed by atoms with Gasteiger partial charge in [-0.15, -0.1) is 0 Å². The van der Waals surface area contributed by atoms with Crippen LogP contribution in [-0.2, 0) is 8.85 Å². The van der Waals surface area contributed by atoms with Gasteiger partial charge in [-0.2, -0.15) is 0 Å². The van der Waals surface area contributed by atoms with Gasteiger partial charge in [0, 0.05) is 13.2 Å². The molecule has 0 radical (unpaired) electrons. The summed E-state index contributed by atoms with van der Waals surface area (Å²) in [5.41, 5.74) is 0. The van der Waals surface area contributed by atoms with E-state index in [1.807, 2.05) is 13.8 Å². The molecule has 0 atom stereocenters. The topological polar surface area (TPSA) is 18.5 Å². The standard InChI is InChI=1S/C8H20O2Si/c1-5-9-11(7-3,8-4)10-6-2/h5-8H2,1-4H3. The van der Waals surface area contributed by atoms with Crippen LogP contribution in [-0.4, -0.2) is 21.8 Å². The molecule has 0 aromatic rings. The van der Waals surface area contributed by atoms with Crippen LogP contribution >= 0.6 is 0 Å². The van der Waals surface area contributed by atoms with Gasteiger partial charge in [-0.05, 0) is 25.9 Å². The third kappa shape index (κ3) is 3.36. The van der Waals surface area contributed by atoms with Gasteiger partial charge in [0.15, 0.2) is 0 Å². The van der Waals surface area contributed by atoms with Gasteiger partial charge in [0.1, 0.15) is 0 Å². The molecule has 0 aliphatic rings. The lowest BCUT2D eigenvalue weighted by molar-refractivity contribution is 0.185. The zero-order valence-electron chi connectivity index (χ0n) is 8.14. The SMILES string of the molecule is CCO[Si](CC)(CC)OCC. The minimum atomic E-state index is -1.74. The highest BCUT2D eigenvalue weighted by atomic mass is 28.4. The molecule has 0 aromatic carbocycles. The van der Waals surface area contributed by atoms with E-state index in [-0.39, 0.29) is 0 Å². The van der Waals surface area contributed by atoms with Gasteiger partial charge >= 0.3 is 8.56 Å². The summed E-state index contributed by atoms with van der Waals surface area (Å²) in [5, 5.41) is 0. The van der Waals surface area contributed by atoms with E-state index in [1.165, 1.54) is 0 Å². The first-order valence-electron chi connectivity index (χ1n) is 4.52. The van der Waals surface area contributed by atoms with Gasteiger partial charge in [-0.25, -0.2) is 0 Å². The molecule has 0 aliphatic carbocycles. The smallest absolute Gasteiger partial charge is 0.337 e. The summed E-state index contributed by atoms with van der Waals surface area (Å²) < 4.78 is 11.4. The molecule has 68 valence electrons. The van der Waals surface area contributed by atoms with Crippen molar-refractivity contribution in [2.75, 3.05) is 13.2 Å². The van der Waals surface area contributed by atoms with Crippen molar-refractivity contribution in [3.05, 3.63) is 0 Å². The summed E-state index contributed by atoms with van der Waals surface area (Å²) >= 11 is 0. The lowest BCUT2D eigenvalue weighted by atomic mass is 10.9. The molecular weight excluding hydrogens is 156 g/mol. The largest absolute Gasteiger partial charge is 0.395 e. The quantitative estimate of drug-likeness (QED) is 0.579. The Labute approximate surface area is 71.1 Å². The third-order valence-electron chi connectivity index (χ3n) is 1.89. The Hall–Kier alpha value is 0.137. The van der Waals surface area contributed by atoms with E-state index >= 15 is 0 Å². The second-order valence-corrected chi connectivity index (χ2v) is 6.30. The molecular formula is C8H20O2Si. The van der Waals surface area contributed by atoms with Crippen LogP contribution in [0.25, 0.3) is 0 Å². The minimum absolute atomic E-state index is 0.786. The van der Waals surface area contributed by atoms with Crippen LogP contribution < -0.4 is 0 Å². The molecule has 0 heterocycles. The molecule has 0 amide bonds. The van der Waals surface area contributed by atoms with Crippen molar-refractivity contribution in [2.24, 2.45) is 0 Å². The number of hydrogen-bond donors (Lipinski definition) is 0. The van der Waals surface area contributed by atoms with E-state index in [1.54, 1.807) is 0 Å². The molecule has 0 saturated carbocycles. The summed E-state index contributed by atoms with van der Waals surface area (Å²) in [6.45, 7) is 9.95. The van der Waals surface area contributed by atoms with Crippen molar-refractivity contribution in [3.63, 3.8) is 0 Å². The van der Waals surface area contributed by atoms with Crippen LogP contribution in [0.2, 0.25) is 12.1 Å². The maximum atomic E-state index is 5.68. The Kier molecular flexibility index (Phi) is 5.82. The van der Waals surface area contributed by atoms with Crippen molar-refractivity contribution in [2.45, 2.75) is 39.8 Å². The van der Waals surface area contributed by atoms with Crippen LogP contribution in [0.5, 0.6) is 0 Å². The van der Waals surface area contributed by atoms with E-state index in [2.05, 4.69) is 13.8 Å². The Morgan fingerprint density at radius 2 is 1.18 bits per heavy atom. The lowest BCUT2D eigenvalue weighted by Gasteiger charge is -2.27. The van der Waals surface area contributed by atoms with E-state index in [0.29, 0.717) is 0 Å². The van der Waals surface area contributed by atoms with Crippen LogP contribution in [0.15, 0.2) is 0 Å². The second-order valence-electron chi connectivity index (χ2n) is 2.48. The van der Waals surface area contributed by atoms with Crippen molar-refractivity contribution >= 4 is 8.56 Å². The molecule has 0 N–H and O–H groups in total. The Morgan fingerprint density at radius 1 is 0.818 bits per heavy atom. The van der Waals surface area contributed by atoms with Gasteiger partial charge in [-0.1, -0.05) is 13.8 Å². The van der Waals surface area contributed by atoms with Crippen LogP contribution in [0.3, 0.4) is 0 Å². The molecule has 0 spiro atoms. The summed E-state index contributed by atoms with van der Waals surface area (Å²) in [7, 11) is -1.74. The summed E-state index contributed by atoms with van der Waals surface area (Å²) in [6.07, 6.45) is 0. The normalized spacial score (nSPS) is 12.0. The van der Waals surface area contributed by atoms with E-state index in [4.69, 9.17) is 8.85 Å². The summed E-state index contributed by atoms with van der Waals surface area (Å²) in [4.78, 5) is 0. The molecule has 0 bridgehead atoms. The third-order valence-corrected chi connectivity index (χ3v) is 5.68. The molecule has 0 unspecified atom stereocenters. The first-order chi connectivity index (χ1) is 5.24. The molecule has 0 saturated heterocycles. The molecule has 0 aromatic heterocycles. The maximum Gasteiger partial charge on any atom is 0.337 e. The molecule has 0 rings (SSSR count). The maximum absolute atomic E-state index is 5.68. The fourth-order valence-electron chi connectivity index (χ4n) is 1.23. The fourth-order valence-corrected chi connectivity index (χ4v) is 3.68. The van der Waals surface area contributed by atoms with Crippen LogP contribution in [0, 0.1) is 0 Å². The van der Waals surface area contributed by atoms with Gasteiger partial charge in [0.25, 0.3) is 0 Å². The monoisotopic (exact) mass is 176 g/mol. The Bertz CT molecular complexity index is 84.1. The lowest BCUT2D eigenvalue weighted by Crippen LogP contribution is -2.40. The highest BCUT2D eigenvalue weighted by Gasteiger charge is 2.32. The van der Waals surface area contributed by atoms with Crippen molar-refractivity contribution in [3.8, 4) is 0 Å². The second kappa shape index (κ2) is 5.74. The molecule has 11 heavy (non-hydrogen) atoms. The summed E-state index contributed by atoms with van der Waals surface area (Å²) in [6, 6.07) is 2.12. The van der Waals surface area contributed by atoms with E-state index in [0.717, 1.165) is 25.3 Å². The van der Waals surface area contributed by atoms with E-state index in [9.17, 15) is 0 Å². The predicted molar refractivity (Wildman–Crippen MR) is 50.0 cm³/mol. The number of hydrogen-bond acceptors (Lipinski definition) is 2. The average molecular weight is 176 g/mol. The Balaban J connectivity index is 3.96. The van der Waals surface area contributed by atoms with Crippen molar-refractivity contribution in [1.82, 2.24) is 0 Å². The van der Waals surface area contributed by atoms with Crippen molar-refractivity contribution < 1.29 is 8.85 Å². The van der Waals surface area contributed by atoms with Crippen molar-refractivity contribution in [1.29, 1.82) is 0 Å². The molecule has 0 aliphatic heterocycles. The summed E-state index contributed by atoms with van der Waals surface area (Å²) in [5.74, 6) is 0. The first kappa shape index (κ1) is 11.1. The predicted octanol–water partition coefficient (Wildman–Crippen LogP) is 2.54. The fraction of sp³-hybridized carbons (Fsp3) is 1.00. The molecule has 0 fully saturated rings. The zero-order chi connectivity index (χ0) is 8.74. The van der Waals surface area contributed by atoms with Gasteiger partial charge in [0.2, 0.25) is 0 Å². The Morgan fingerprint density at radius 3 is 1.36 bits per heavy atom. The highest BCUT2D eigenvalue weighted by molar-refractivity contribution is 6.67. The van der Waals surface area contributed by atoms with E-state index < -0.39 is 8.56 Å². The van der Waals surface area contributed by atoms with Gasteiger partial charge < -0.3 is 8.85 Å². The average Bonchev–Trinajstić information content (AvgIpc) is 2.04. The van der Waals surface area contributed by atoms with Crippen LogP contribution in [0.4, 0.5) is 0 Å². The minimum Gasteiger partial charge on any atom is -0.395 e. The highest BCUT2D eigenvalue weighted by Crippen LogP contribution is 2.17. The molecule has 3 heteroatoms. The first-order valence-corrected chi connectivity index (χ1v) is 6.75.